The van der Waals surface area contributed by atoms with E-state index in [9.17, 15) is 42.3 Å². The zero-order valence-electron chi connectivity index (χ0n) is 40.4. The van der Waals surface area contributed by atoms with Gasteiger partial charge in [0.2, 0.25) is 6.43 Å². The van der Waals surface area contributed by atoms with E-state index in [1.807, 2.05) is 0 Å². The predicted molar refractivity (Wildman–Crippen MR) is 256 cm³/mol. The third-order valence-corrected chi connectivity index (χ3v) is 12.9. The Hall–Kier alpha value is -7.14. The number of ether oxygens (including phenoxy) is 5. The van der Waals surface area contributed by atoms with Crippen molar-refractivity contribution in [3.05, 3.63) is 153 Å². The van der Waals surface area contributed by atoms with Gasteiger partial charge in [-0.25, -0.2) is 36.7 Å². The van der Waals surface area contributed by atoms with Crippen molar-refractivity contribution >= 4 is 23.5 Å². The third kappa shape index (κ3) is 11.3. The number of rotatable bonds is 13. The minimum absolute atomic E-state index is 0.0362. The normalized spacial score (nSPS) is 16.1. The van der Waals surface area contributed by atoms with Crippen LogP contribution in [0, 0.1) is 12.7 Å². The van der Waals surface area contributed by atoms with Gasteiger partial charge < -0.3 is 39.6 Å². The van der Waals surface area contributed by atoms with E-state index >= 15 is 4.39 Å². The molecule has 5 heterocycles. The quantitative estimate of drug-likeness (QED) is 0.161. The Morgan fingerprint density at radius 2 is 1.25 bits per heavy atom. The van der Waals surface area contributed by atoms with Gasteiger partial charge in [-0.2, -0.15) is 0 Å². The summed E-state index contributed by atoms with van der Waals surface area (Å²) >= 11 is 0. The van der Waals surface area contributed by atoms with Crippen LogP contribution in [0.25, 0.3) is 11.4 Å². The highest BCUT2D eigenvalue weighted by molar-refractivity contribution is 5.98. The van der Waals surface area contributed by atoms with Gasteiger partial charge in [-0.3, -0.25) is 28.3 Å². The average molecular weight is 1000 g/mol. The highest BCUT2D eigenvalue weighted by atomic mass is 19.3. The van der Waals surface area contributed by atoms with Gasteiger partial charge in [0.05, 0.1) is 88.0 Å². The van der Waals surface area contributed by atoms with E-state index in [4.69, 9.17) is 24.7 Å². The molecule has 3 aliphatic rings. The molecule has 8 rings (SSSR count). The summed E-state index contributed by atoms with van der Waals surface area (Å²) in [5, 5.41) is 2.55. The molecule has 72 heavy (non-hydrogen) atoms. The van der Waals surface area contributed by atoms with Gasteiger partial charge in [-0.05, 0) is 66.4 Å². The number of benzene rings is 3. The lowest BCUT2D eigenvalue weighted by atomic mass is 10.0. The highest BCUT2D eigenvalue weighted by Gasteiger charge is 2.30. The van der Waals surface area contributed by atoms with Crippen LogP contribution in [0.3, 0.4) is 0 Å². The van der Waals surface area contributed by atoms with Crippen LogP contribution in [-0.2, 0) is 86.3 Å². The Morgan fingerprint density at radius 3 is 1.74 bits per heavy atom. The summed E-state index contributed by atoms with van der Waals surface area (Å²) in [7, 11) is 5.70. The molecule has 3 aromatic carbocycles. The van der Waals surface area contributed by atoms with E-state index in [1.54, 1.807) is 73.6 Å². The first kappa shape index (κ1) is 52.7. The molecule has 0 saturated carbocycles. The second kappa shape index (κ2) is 22.9. The summed E-state index contributed by atoms with van der Waals surface area (Å²) in [4.78, 5) is 90.7. The topological polar surface area (TPSA) is 227 Å². The summed E-state index contributed by atoms with van der Waals surface area (Å²) in [5.74, 6) is -2.99. The van der Waals surface area contributed by atoms with Crippen molar-refractivity contribution in [3.63, 3.8) is 0 Å². The van der Waals surface area contributed by atoms with Crippen LogP contribution in [0.15, 0.2) is 79.8 Å². The standard InChI is InChI=1S/C32H35F3N4O7.C18H21N3O5/c1-18-12-21(38-9-11-46-16-22(38)15-27(34)35)14-24(33)28(18)29(40)36-25(31(42)44-3)13-19-4-6-20(7-5-19)39-30(41)23-17-45-10-8-26(23)37(2)32(39)43;1-20-15-7-8-26-10-13(15)16(22)21(18(20)24)12-5-3-11(4-6-12)9-14(19)17(23)25-2/h4-7,12,14,22,25,27H,8-11,13,15-17H2,1-3H3,(H,36,40);3-6,14H,7-10,19H2,1-2H3/t22-,25-;14-/m00/s1. The van der Waals surface area contributed by atoms with E-state index in [0.29, 0.717) is 78.5 Å². The number of hydrogen-bond acceptors (Lipinski definition) is 14. The Morgan fingerprint density at radius 1 is 0.736 bits per heavy atom. The van der Waals surface area contributed by atoms with E-state index in [2.05, 4.69) is 10.1 Å². The summed E-state index contributed by atoms with van der Waals surface area (Å²) in [6.45, 7) is 3.41. The Labute approximate surface area is 410 Å². The van der Waals surface area contributed by atoms with Crippen LogP contribution in [0.1, 0.15) is 56.0 Å². The number of aryl methyl sites for hydroxylation is 1. The summed E-state index contributed by atoms with van der Waals surface area (Å²) in [5.41, 5.74) is 8.79. The minimum Gasteiger partial charge on any atom is -0.468 e. The number of carbonyl (C=O) groups is 3. The smallest absolute Gasteiger partial charge is 0.335 e. The summed E-state index contributed by atoms with van der Waals surface area (Å²) in [6, 6.07) is 13.2. The maximum absolute atomic E-state index is 15.4. The zero-order valence-corrected chi connectivity index (χ0v) is 40.4. The van der Waals surface area contributed by atoms with Crippen molar-refractivity contribution in [2.24, 2.45) is 19.8 Å². The first-order valence-electron chi connectivity index (χ1n) is 23.1. The fourth-order valence-electron chi connectivity index (χ4n) is 9.12. The van der Waals surface area contributed by atoms with Gasteiger partial charge in [-0.15, -0.1) is 0 Å². The van der Waals surface area contributed by atoms with Crippen molar-refractivity contribution in [3.8, 4) is 11.4 Å². The lowest BCUT2D eigenvalue weighted by Gasteiger charge is -2.37. The number of carbonyl (C=O) groups excluding carboxylic acids is 3. The molecule has 2 aromatic heterocycles. The number of esters is 2. The molecule has 3 atom stereocenters. The van der Waals surface area contributed by atoms with Crippen LogP contribution in [-0.4, -0.2) is 108 Å². The summed E-state index contributed by atoms with van der Waals surface area (Å²) in [6.07, 6.45) is -1.74. The molecule has 1 saturated heterocycles. The Balaban J connectivity index is 0.000000247. The lowest BCUT2D eigenvalue weighted by Crippen LogP contribution is -2.46. The lowest BCUT2D eigenvalue weighted by molar-refractivity contribution is -0.143. The molecule has 0 radical (unpaired) electrons. The van der Waals surface area contributed by atoms with Crippen LogP contribution < -0.4 is 38.4 Å². The van der Waals surface area contributed by atoms with Gasteiger partial charge >= 0.3 is 23.3 Å². The number of aromatic nitrogens is 4. The van der Waals surface area contributed by atoms with Gasteiger partial charge in [-0.1, -0.05) is 24.3 Å². The van der Waals surface area contributed by atoms with Gasteiger partial charge in [0, 0.05) is 63.4 Å². The number of hydrogen-bond donors (Lipinski definition) is 2. The number of morpholine rings is 1. The van der Waals surface area contributed by atoms with Gasteiger partial charge in [0.25, 0.3) is 17.0 Å². The van der Waals surface area contributed by atoms with E-state index < -0.39 is 71.6 Å². The largest absolute Gasteiger partial charge is 0.468 e. The maximum atomic E-state index is 15.4. The third-order valence-electron chi connectivity index (χ3n) is 12.9. The van der Waals surface area contributed by atoms with Crippen molar-refractivity contribution in [2.75, 3.05) is 52.1 Å². The minimum atomic E-state index is -2.56. The first-order valence-corrected chi connectivity index (χ1v) is 23.1. The Bertz CT molecular complexity index is 3060. The molecule has 22 heteroatoms. The van der Waals surface area contributed by atoms with Crippen LogP contribution in [0.5, 0.6) is 0 Å². The monoisotopic (exact) mass is 1000 g/mol. The second-order valence-corrected chi connectivity index (χ2v) is 17.5. The number of alkyl halides is 2. The molecule has 3 aliphatic heterocycles. The molecule has 5 aromatic rings. The SMILES string of the molecule is COC(=O)[C@@H](N)Cc1ccc(-n2c(=O)c3c(n(C)c2=O)CCOC3)cc1.COC(=O)[C@H](Cc1ccc(-n2c(=O)c3c(n(C)c2=O)CCOC3)cc1)NC(=O)c1c(C)cc(N2CCOC[C@@H]2CC(F)F)cc1F. The molecule has 1 amide bonds. The van der Waals surface area contributed by atoms with Crippen molar-refractivity contribution in [2.45, 2.75) is 76.8 Å². The van der Waals surface area contributed by atoms with Crippen molar-refractivity contribution in [1.82, 2.24) is 23.6 Å². The Kier molecular flexibility index (Phi) is 16.8. The van der Waals surface area contributed by atoms with Crippen LogP contribution >= 0.6 is 0 Å². The molecule has 384 valence electrons. The molecule has 0 aliphatic carbocycles. The highest BCUT2D eigenvalue weighted by Crippen LogP contribution is 2.28. The molecule has 19 nitrogen and oxygen atoms in total. The molecule has 1 fully saturated rings. The van der Waals surface area contributed by atoms with Crippen LogP contribution in [0.2, 0.25) is 0 Å². The number of fused-ring (bicyclic) bond motifs is 2. The number of methoxy groups -OCH3 is 2. The van der Waals surface area contributed by atoms with Gasteiger partial charge in [0.1, 0.15) is 17.9 Å². The maximum Gasteiger partial charge on any atom is 0.335 e. The molecule has 0 bridgehead atoms. The number of nitrogens with zero attached hydrogens (tertiary/aromatic N) is 5. The number of nitrogens with one attached hydrogen (secondary N) is 1. The first-order chi connectivity index (χ1) is 34.4. The van der Waals surface area contributed by atoms with Crippen molar-refractivity contribution < 1.29 is 51.2 Å². The summed E-state index contributed by atoms with van der Waals surface area (Å²) < 4.78 is 72.4. The molecule has 0 spiro atoms. The van der Waals surface area contributed by atoms with Crippen LogP contribution in [0.4, 0.5) is 18.9 Å². The average Bonchev–Trinajstić information content (AvgIpc) is 3.37. The van der Waals surface area contributed by atoms with Crippen molar-refractivity contribution in [1.29, 1.82) is 0 Å². The number of halogens is 3. The number of amides is 1. The molecule has 0 unspecified atom stereocenters. The second-order valence-electron chi connectivity index (χ2n) is 17.5. The predicted octanol–water partition coefficient (Wildman–Crippen LogP) is 2.08. The fraction of sp³-hybridized carbons (Fsp3) is 0.420. The fourth-order valence-corrected chi connectivity index (χ4v) is 9.12. The van der Waals surface area contributed by atoms with E-state index in [0.717, 1.165) is 33.6 Å². The van der Waals surface area contributed by atoms with Gasteiger partial charge in [0.15, 0.2) is 0 Å². The number of nitrogens with two attached hydrogens (primary N) is 1. The zero-order chi connectivity index (χ0) is 52.0. The molecular weight excluding hydrogens is 948 g/mol. The number of anilines is 1. The molecular formula is C50H56F3N7O12. The van der Waals surface area contributed by atoms with E-state index in [-0.39, 0.29) is 49.5 Å². The molecule has 3 N–H and O–H groups in total. The van der Waals surface area contributed by atoms with E-state index in [1.165, 1.54) is 23.2 Å².